The maximum Gasteiger partial charge on any atom is 0.261 e. The molecule has 0 aromatic heterocycles. The fourth-order valence-electron chi connectivity index (χ4n) is 3.14. The van der Waals surface area contributed by atoms with Gasteiger partial charge in [0.1, 0.15) is 5.66 Å². The summed E-state index contributed by atoms with van der Waals surface area (Å²) in [6.45, 7) is 2.15. The summed E-state index contributed by atoms with van der Waals surface area (Å²) in [7, 11) is 0. The third kappa shape index (κ3) is 2.00. The number of allylic oxidation sites excluding steroid dienone is 3. The van der Waals surface area contributed by atoms with Crippen LogP contribution in [0.3, 0.4) is 0 Å². The number of hydrogen-bond donors (Lipinski definition) is 1. The molecule has 1 atom stereocenters. The third-order valence-corrected chi connectivity index (χ3v) is 4.57. The highest BCUT2D eigenvalue weighted by Crippen LogP contribution is 2.33. The number of hydrogen-bond acceptors (Lipinski definition) is 4. The predicted molar refractivity (Wildman–Crippen MR) is 86.3 cm³/mol. The zero-order chi connectivity index (χ0) is 16.2. The Morgan fingerprint density at radius 3 is 2.43 bits per heavy atom. The molecule has 0 radical (unpaired) electrons. The lowest BCUT2D eigenvalue weighted by atomic mass is 10.1. The maximum atomic E-state index is 12.5. The summed E-state index contributed by atoms with van der Waals surface area (Å²) in [5, 5.41) is 3.85. The number of amides is 2. The number of carbonyl (C=O) groups is 2. The Labute approximate surface area is 138 Å². The smallest absolute Gasteiger partial charge is 0.261 e. The highest BCUT2D eigenvalue weighted by molar-refractivity contribution is 6.31. The fourth-order valence-corrected chi connectivity index (χ4v) is 3.30. The molecule has 0 saturated heterocycles. The molecular formula is C17H14ClN3O2. The summed E-state index contributed by atoms with van der Waals surface area (Å²) in [4.78, 5) is 28.3. The van der Waals surface area contributed by atoms with Crippen LogP contribution in [-0.2, 0) is 0 Å². The van der Waals surface area contributed by atoms with Gasteiger partial charge in [-0.25, -0.2) is 0 Å². The lowest BCUT2D eigenvalue weighted by molar-refractivity contribution is 0.0548. The van der Waals surface area contributed by atoms with E-state index < -0.39 is 5.66 Å². The number of rotatable bonds is 2. The maximum absolute atomic E-state index is 12.5. The van der Waals surface area contributed by atoms with Gasteiger partial charge in [-0.3, -0.25) is 14.5 Å². The van der Waals surface area contributed by atoms with Crippen LogP contribution in [0.15, 0.2) is 59.5 Å². The number of imide groups is 1. The molecule has 1 aromatic carbocycles. The number of benzene rings is 1. The Hall–Kier alpha value is -2.53. The molecule has 0 spiro atoms. The van der Waals surface area contributed by atoms with E-state index in [9.17, 15) is 9.59 Å². The van der Waals surface area contributed by atoms with Gasteiger partial charge in [0.25, 0.3) is 11.8 Å². The van der Waals surface area contributed by atoms with Crippen molar-refractivity contribution in [1.82, 2.24) is 15.1 Å². The van der Waals surface area contributed by atoms with Gasteiger partial charge < -0.3 is 10.2 Å². The summed E-state index contributed by atoms with van der Waals surface area (Å²) in [5.74, 6) is -0.519. The van der Waals surface area contributed by atoms with Gasteiger partial charge in [0.05, 0.1) is 28.4 Å². The number of nitrogens with one attached hydrogen (secondary N) is 1. The molecule has 1 unspecified atom stereocenters. The second kappa shape index (κ2) is 4.73. The van der Waals surface area contributed by atoms with Crippen LogP contribution < -0.4 is 5.32 Å². The molecule has 2 amide bonds. The quantitative estimate of drug-likeness (QED) is 0.847. The van der Waals surface area contributed by atoms with E-state index in [1.165, 1.54) is 4.90 Å². The van der Waals surface area contributed by atoms with Gasteiger partial charge in [0, 0.05) is 12.4 Å². The highest BCUT2D eigenvalue weighted by Gasteiger charge is 2.44. The van der Waals surface area contributed by atoms with E-state index >= 15 is 0 Å². The van der Waals surface area contributed by atoms with Gasteiger partial charge >= 0.3 is 0 Å². The topological polar surface area (TPSA) is 52.7 Å². The molecule has 4 rings (SSSR count). The molecule has 1 N–H and O–H groups in total. The van der Waals surface area contributed by atoms with Gasteiger partial charge in [-0.2, -0.15) is 0 Å². The average Bonchev–Trinajstić information content (AvgIpc) is 2.99. The first-order valence-electron chi connectivity index (χ1n) is 7.27. The van der Waals surface area contributed by atoms with E-state index in [1.807, 2.05) is 24.1 Å². The van der Waals surface area contributed by atoms with Crippen molar-refractivity contribution in [3.8, 4) is 0 Å². The molecule has 23 heavy (non-hydrogen) atoms. The molecule has 0 aliphatic carbocycles. The van der Waals surface area contributed by atoms with E-state index in [0.717, 1.165) is 5.70 Å². The normalized spacial score (nSPS) is 25.1. The van der Waals surface area contributed by atoms with Gasteiger partial charge in [-0.1, -0.05) is 23.7 Å². The molecule has 0 fully saturated rings. The van der Waals surface area contributed by atoms with Gasteiger partial charge in [-0.15, -0.1) is 0 Å². The Kier molecular flexibility index (Phi) is 2.90. The van der Waals surface area contributed by atoms with E-state index in [-0.39, 0.29) is 18.4 Å². The molecule has 116 valence electrons. The molecule has 3 aliphatic heterocycles. The minimum Gasteiger partial charge on any atom is -0.365 e. The zero-order valence-electron chi connectivity index (χ0n) is 12.4. The van der Waals surface area contributed by atoms with Gasteiger partial charge in [0.15, 0.2) is 0 Å². The van der Waals surface area contributed by atoms with Crippen molar-refractivity contribution in [3.05, 3.63) is 70.7 Å². The van der Waals surface area contributed by atoms with E-state index in [1.54, 1.807) is 36.5 Å². The van der Waals surface area contributed by atoms with Crippen LogP contribution in [0.1, 0.15) is 27.6 Å². The molecule has 6 heteroatoms. The lowest BCUT2D eigenvalue weighted by Gasteiger charge is -2.39. The monoisotopic (exact) mass is 327 g/mol. The minimum atomic E-state index is -0.631. The first kappa shape index (κ1) is 14.1. The molecule has 0 saturated carbocycles. The number of fused-ring (bicyclic) bond motifs is 2. The zero-order valence-corrected chi connectivity index (χ0v) is 13.2. The average molecular weight is 328 g/mol. The Bertz CT molecular complexity index is 792. The molecular weight excluding hydrogens is 314 g/mol. The van der Waals surface area contributed by atoms with Crippen LogP contribution in [0.4, 0.5) is 0 Å². The molecule has 1 aromatic rings. The Morgan fingerprint density at radius 2 is 1.78 bits per heavy atom. The van der Waals surface area contributed by atoms with Crippen molar-refractivity contribution < 1.29 is 9.59 Å². The summed E-state index contributed by atoms with van der Waals surface area (Å²) in [6.07, 6.45) is 7.35. The third-order valence-electron chi connectivity index (χ3n) is 4.35. The molecule has 0 bridgehead atoms. The van der Waals surface area contributed by atoms with Crippen molar-refractivity contribution in [2.24, 2.45) is 0 Å². The van der Waals surface area contributed by atoms with E-state index in [4.69, 9.17) is 11.6 Å². The first-order valence-corrected chi connectivity index (χ1v) is 7.65. The number of carbonyl (C=O) groups excluding carboxylic acids is 2. The highest BCUT2D eigenvalue weighted by atomic mass is 35.5. The van der Waals surface area contributed by atoms with Gasteiger partial charge in [-0.05, 0) is 31.2 Å². The fraction of sp³-hybridized carbons (Fsp3) is 0.176. The second-order valence-electron chi connectivity index (χ2n) is 5.95. The largest absolute Gasteiger partial charge is 0.365 e. The van der Waals surface area contributed by atoms with Crippen molar-refractivity contribution in [3.63, 3.8) is 0 Å². The number of nitrogens with zero attached hydrogens (tertiary/aromatic N) is 2. The summed E-state index contributed by atoms with van der Waals surface area (Å²) >= 11 is 6.09. The van der Waals surface area contributed by atoms with Crippen LogP contribution in [0.25, 0.3) is 0 Å². The summed E-state index contributed by atoms with van der Waals surface area (Å²) in [6, 6.07) is 6.90. The van der Waals surface area contributed by atoms with Crippen molar-refractivity contribution in [1.29, 1.82) is 0 Å². The van der Waals surface area contributed by atoms with Crippen LogP contribution in [0, 0.1) is 0 Å². The Balaban J connectivity index is 1.64. The standard InChI is InChI=1S/C17H14ClN3O2/c1-17(19-8-12-7-6-11(18)9-21(12)17)10-20-15(22)13-4-2-3-5-14(13)16(20)23/h2-9,19H,10H2,1H3. The van der Waals surface area contributed by atoms with Crippen molar-refractivity contribution >= 4 is 23.4 Å². The van der Waals surface area contributed by atoms with Crippen molar-refractivity contribution in [2.75, 3.05) is 6.54 Å². The molecule has 3 aliphatic rings. The molecule has 5 nitrogen and oxygen atoms in total. The van der Waals surface area contributed by atoms with E-state index in [0.29, 0.717) is 16.2 Å². The Morgan fingerprint density at radius 1 is 1.13 bits per heavy atom. The van der Waals surface area contributed by atoms with Crippen LogP contribution in [0.2, 0.25) is 0 Å². The SMILES string of the molecule is CC1(CN2C(=O)c3ccccc3C2=O)NC=C2C=CC(Cl)=CN21. The summed E-state index contributed by atoms with van der Waals surface area (Å²) in [5.41, 5.74) is 1.22. The minimum absolute atomic E-state index is 0.216. The van der Waals surface area contributed by atoms with Crippen LogP contribution in [-0.4, -0.2) is 33.8 Å². The van der Waals surface area contributed by atoms with E-state index in [2.05, 4.69) is 5.32 Å². The number of halogens is 1. The predicted octanol–water partition coefficient (Wildman–Crippen LogP) is 2.40. The van der Waals surface area contributed by atoms with Crippen molar-refractivity contribution in [2.45, 2.75) is 12.6 Å². The summed E-state index contributed by atoms with van der Waals surface area (Å²) < 4.78 is 0. The lowest BCUT2D eigenvalue weighted by Crippen LogP contribution is -2.56. The van der Waals surface area contributed by atoms with Gasteiger partial charge in [0.2, 0.25) is 0 Å². The first-order chi connectivity index (χ1) is 11.0. The van der Waals surface area contributed by atoms with Crippen LogP contribution >= 0.6 is 11.6 Å². The van der Waals surface area contributed by atoms with Crippen LogP contribution in [0.5, 0.6) is 0 Å². The molecule has 3 heterocycles. The second-order valence-corrected chi connectivity index (χ2v) is 6.38.